The molecule has 0 amide bonds. The quantitative estimate of drug-likeness (QED) is 0.244. The molecule has 0 aromatic carbocycles. The third-order valence-corrected chi connectivity index (χ3v) is 8.38. The Balaban J connectivity index is 1.89. The van der Waals surface area contributed by atoms with E-state index in [1.165, 1.54) is 72.0 Å². The van der Waals surface area contributed by atoms with Gasteiger partial charge in [-0.05, 0) is 102 Å². The molecule has 2 aliphatic carbocycles. The van der Waals surface area contributed by atoms with Gasteiger partial charge in [0, 0.05) is 0 Å². The molecule has 216 valence electrons. The van der Waals surface area contributed by atoms with Crippen LogP contribution in [0.4, 0.5) is 0 Å². The van der Waals surface area contributed by atoms with Crippen molar-refractivity contribution in [3.63, 3.8) is 0 Å². The Bertz CT molecular complexity index is 1120. The van der Waals surface area contributed by atoms with Crippen molar-refractivity contribution in [1.29, 1.82) is 0 Å². The van der Waals surface area contributed by atoms with Crippen molar-refractivity contribution in [2.45, 2.75) is 108 Å². The molecule has 0 atom stereocenters. The lowest BCUT2D eigenvalue weighted by molar-refractivity contribution is 0.376. The molecule has 0 saturated heterocycles. The monoisotopic (exact) mass is 536 g/mol. The summed E-state index contributed by atoms with van der Waals surface area (Å²) in [5.41, 5.74) is 11.7. The van der Waals surface area contributed by atoms with Gasteiger partial charge in [0.15, 0.2) is 0 Å². The minimum Gasteiger partial charge on any atom is -0.0696 e. The van der Waals surface area contributed by atoms with Crippen molar-refractivity contribution < 1.29 is 0 Å². The summed E-state index contributed by atoms with van der Waals surface area (Å²) in [6.07, 6.45) is 38.4. The van der Waals surface area contributed by atoms with Gasteiger partial charge < -0.3 is 0 Å². The molecule has 2 rings (SSSR count). The van der Waals surface area contributed by atoms with Crippen LogP contribution >= 0.6 is 0 Å². The molecule has 0 nitrogen and oxygen atoms in total. The first-order valence-corrected chi connectivity index (χ1v) is 15.3. The number of allylic oxidation sites excluding steroid dienone is 22. The van der Waals surface area contributed by atoms with Gasteiger partial charge in [-0.1, -0.05) is 146 Å². The Hall–Kier alpha value is -2.86. The Kier molecular flexibility index (Phi) is 13.2. The van der Waals surface area contributed by atoms with Gasteiger partial charge in [0.05, 0.1) is 0 Å². The Morgan fingerprint density at radius 3 is 1.18 bits per heavy atom. The largest absolute Gasteiger partial charge is 0.0696 e. The Morgan fingerprint density at radius 2 is 0.825 bits per heavy atom. The molecular formula is C40H56. The van der Waals surface area contributed by atoms with E-state index >= 15 is 0 Å². The highest BCUT2D eigenvalue weighted by atomic mass is 14.3. The predicted octanol–water partition coefficient (Wildman–Crippen LogP) is 12.6. The van der Waals surface area contributed by atoms with Gasteiger partial charge in [0.2, 0.25) is 0 Å². The molecule has 0 heteroatoms. The Morgan fingerprint density at radius 1 is 0.500 bits per heavy atom. The first-order valence-electron chi connectivity index (χ1n) is 15.3. The molecule has 0 aromatic heterocycles. The zero-order valence-corrected chi connectivity index (χ0v) is 27.3. The smallest absolute Gasteiger partial charge is 0.0104 e. The average Bonchev–Trinajstić information content (AvgIpc) is 2.85. The molecule has 0 fully saturated rings. The topological polar surface area (TPSA) is 0 Å². The number of rotatable bonds is 10. The van der Waals surface area contributed by atoms with E-state index in [0.29, 0.717) is 10.8 Å². The van der Waals surface area contributed by atoms with E-state index in [0.717, 1.165) is 0 Å². The zero-order chi connectivity index (χ0) is 29.8. The normalized spacial score (nSPS) is 21.9. The lowest BCUT2D eigenvalue weighted by Crippen LogP contribution is -2.19. The van der Waals surface area contributed by atoms with E-state index in [1.54, 1.807) is 11.1 Å². The minimum atomic E-state index is 0.291. The third kappa shape index (κ3) is 11.3. The van der Waals surface area contributed by atoms with Crippen LogP contribution < -0.4 is 0 Å². The van der Waals surface area contributed by atoms with Gasteiger partial charge in [-0.25, -0.2) is 0 Å². The maximum Gasteiger partial charge on any atom is -0.0104 e. The SMILES string of the molecule is CC1=C(/C=C/C(C)=C\C=C\C(C)=C\C=C\C=C(C)\C=C\C=C(C)\C=C\C2=C(C)CCCC2(C)C)C(C)(C)CCC1. The second kappa shape index (κ2) is 15.8. The van der Waals surface area contributed by atoms with Gasteiger partial charge in [-0.3, -0.25) is 0 Å². The van der Waals surface area contributed by atoms with Gasteiger partial charge in [-0.15, -0.1) is 0 Å². The van der Waals surface area contributed by atoms with Crippen LogP contribution in [0.3, 0.4) is 0 Å². The lowest BCUT2D eigenvalue weighted by atomic mass is 9.72. The molecule has 40 heavy (non-hydrogen) atoms. The highest BCUT2D eigenvalue weighted by molar-refractivity contribution is 5.39. The number of hydrogen-bond acceptors (Lipinski definition) is 0. The van der Waals surface area contributed by atoms with Crippen LogP contribution in [0.2, 0.25) is 0 Å². The molecule has 0 saturated carbocycles. The minimum absolute atomic E-state index is 0.291. The molecule has 0 spiro atoms. The van der Waals surface area contributed by atoms with Crippen molar-refractivity contribution in [2.24, 2.45) is 10.8 Å². The molecule has 0 aromatic rings. The molecule has 2 aliphatic rings. The third-order valence-electron chi connectivity index (χ3n) is 8.38. The molecule has 0 radical (unpaired) electrons. The molecular weight excluding hydrogens is 480 g/mol. The van der Waals surface area contributed by atoms with Gasteiger partial charge >= 0.3 is 0 Å². The first kappa shape index (κ1) is 33.3. The van der Waals surface area contributed by atoms with E-state index in [2.05, 4.69) is 154 Å². The summed E-state index contributed by atoms with van der Waals surface area (Å²) in [6.45, 7) is 22.7. The van der Waals surface area contributed by atoms with Crippen LogP contribution in [0.25, 0.3) is 0 Å². The fourth-order valence-corrected chi connectivity index (χ4v) is 5.79. The second-order valence-electron chi connectivity index (χ2n) is 13.3. The van der Waals surface area contributed by atoms with E-state index in [1.807, 2.05) is 0 Å². The molecule has 0 unspecified atom stereocenters. The standard InChI is InChI=1S/C40H56/c1-31(19-13-21-33(3)25-27-37-35(5)23-15-29-39(37,7)8)17-11-12-18-32(2)20-14-22-34(4)26-28-38-36(6)24-16-30-40(38,9)10/h11-14,17-22,25-28H,15-16,23-24,29-30H2,1-10H3/b12-11+,19-13+,20-14+,27-25+,28-26+,31-17+,32-18+,33-21-,34-22+. The summed E-state index contributed by atoms with van der Waals surface area (Å²) in [5, 5.41) is 0. The maximum absolute atomic E-state index is 2.37. The zero-order valence-electron chi connectivity index (χ0n) is 27.3. The summed E-state index contributed by atoms with van der Waals surface area (Å²) in [6, 6.07) is 0. The summed E-state index contributed by atoms with van der Waals surface area (Å²) in [5.74, 6) is 0. The van der Waals surface area contributed by atoms with E-state index in [-0.39, 0.29) is 0 Å². The van der Waals surface area contributed by atoms with Crippen LogP contribution in [-0.4, -0.2) is 0 Å². The van der Waals surface area contributed by atoms with E-state index < -0.39 is 0 Å². The molecule has 0 N–H and O–H groups in total. The van der Waals surface area contributed by atoms with Crippen molar-refractivity contribution in [2.75, 3.05) is 0 Å². The van der Waals surface area contributed by atoms with Crippen LogP contribution in [0.1, 0.15) is 108 Å². The fourth-order valence-electron chi connectivity index (χ4n) is 5.79. The Labute approximate surface area is 247 Å². The molecule has 0 heterocycles. The summed E-state index contributed by atoms with van der Waals surface area (Å²) >= 11 is 0. The van der Waals surface area contributed by atoms with Gasteiger partial charge in [0.25, 0.3) is 0 Å². The summed E-state index contributed by atoms with van der Waals surface area (Å²) < 4.78 is 0. The summed E-state index contributed by atoms with van der Waals surface area (Å²) in [7, 11) is 0. The predicted molar refractivity (Wildman–Crippen MR) is 181 cm³/mol. The van der Waals surface area contributed by atoms with Crippen molar-refractivity contribution in [1.82, 2.24) is 0 Å². The van der Waals surface area contributed by atoms with E-state index in [4.69, 9.17) is 0 Å². The maximum atomic E-state index is 2.37. The molecule has 0 aliphatic heterocycles. The lowest BCUT2D eigenvalue weighted by Gasteiger charge is -2.33. The van der Waals surface area contributed by atoms with Crippen molar-refractivity contribution >= 4 is 0 Å². The van der Waals surface area contributed by atoms with E-state index in [9.17, 15) is 0 Å². The van der Waals surface area contributed by atoms with Crippen LogP contribution in [0.5, 0.6) is 0 Å². The summed E-state index contributed by atoms with van der Waals surface area (Å²) in [4.78, 5) is 0. The highest BCUT2D eigenvalue weighted by Crippen LogP contribution is 2.41. The van der Waals surface area contributed by atoms with Crippen LogP contribution in [0, 0.1) is 10.8 Å². The number of hydrogen-bond donors (Lipinski definition) is 0. The van der Waals surface area contributed by atoms with Crippen molar-refractivity contribution in [3.05, 3.63) is 130 Å². The fraction of sp³-hybridized carbons (Fsp3) is 0.450. The van der Waals surface area contributed by atoms with Crippen molar-refractivity contribution in [3.8, 4) is 0 Å². The second-order valence-corrected chi connectivity index (χ2v) is 13.3. The van der Waals surface area contributed by atoms with Gasteiger partial charge in [0.1, 0.15) is 0 Å². The average molecular weight is 537 g/mol. The first-order chi connectivity index (χ1) is 18.8. The molecule has 0 bridgehead atoms. The van der Waals surface area contributed by atoms with Gasteiger partial charge in [-0.2, -0.15) is 0 Å². The van der Waals surface area contributed by atoms with Crippen LogP contribution in [-0.2, 0) is 0 Å². The highest BCUT2D eigenvalue weighted by Gasteiger charge is 2.27. The van der Waals surface area contributed by atoms with Crippen LogP contribution in [0.15, 0.2) is 130 Å².